The predicted octanol–water partition coefficient (Wildman–Crippen LogP) is 2.18. The van der Waals surface area contributed by atoms with Gasteiger partial charge in [0.25, 0.3) is 0 Å². The second-order valence-electron chi connectivity index (χ2n) is 4.85. The molecule has 0 heterocycles. The van der Waals surface area contributed by atoms with Crippen LogP contribution in [0.2, 0.25) is 0 Å². The minimum absolute atomic E-state index is 0.0974. The van der Waals surface area contributed by atoms with E-state index in [-0.39, 0.29) is 17.2 Å². The quantitative estimate of drug-likeness (QED) is 0.713. The average Bonchev–Trinajstić information content (AvgIpc) is 2.12. The molecule has 1 unspecified atom stereocenters. The van der Waals surface area contributed by atoms with E-state index >= 15 is 0 Å². The molecule has 0 aliphatic heterocycles. The van der Waals surface area contributed by atoms with Crippen molar-refractivity contribution in [1.82, 2.24) is 0 Å². The first-order valence-electron chi connectivity index (χ1n) is 5.19. The highest BCUT2D eigenvalue weighted by molar-refractivity contribution is 5.48. The van der Waals surface area contributed by atoms with Crippen LogP contribution in [-0.4, -0.2) is 17.7 Å². The fourth-order valence-corrected chi connectivity index (χ4v) is 1.43. The van der Waals surface area contributed by atoms with Gasteiger partial charge in [-0.2, -0.15) is 0 Å². The second kappa shape index (κ2) is 4.53. The van der Waals surface area contributed by atoms with Crippen molar-refractivity contribution in [3.8, 4) is 5.75 Å². The highest BCUT2D eigenvalue weighted by Gasteiger charge is 2.22. The molecule has 0 aromatic heterocycles. The van der Waals surface area contributed by atoms with Gasteiger partial charge in [-0.1, -0.05) is 26.8 Å². The van der Waals surface area contributed by atoms with Crippen LogP contribution in [0.3, 0.4) is 0 Å². The Morgan fingerprint density at radius 2 is 2.07 bits per heavy atom. The van der Waals surface area contributed by atoms with E-state index in [0.29, 0.717) is 6.54 Å². The second-order valence-corrected chi connectivity index (χ2v) is 4.85. The van der Waals surface area contributed by atoms with E-state index in [2.05, 4.69) is 26.1 Å². The van der Waals surface area contributed by atoms with Crippen molar-refractivity contribution in [2.45, 2.75) is 26.8 Å². The summed E-state index contributed by atoms with van der Waals surface area (Å²) in [6.45, 7) is 6.99. The summed E-state index contributed by atoms with van der Waals surface area (Å²) in [5.41, 5.74) is 6.72. The number of phenolic OH excluding ortho intramolecular Hbond substituents is 1. The summed E-state index contributed by atoms with van der Waals surface area (Å²) in [5, 5.41) is 12.7. The first-order valence-corrected chi connectivity index (χ1v) is 5.19. The van der Waals surface area contributed by atoms with Crippen molar-refractivity contribution in [2.24, 2.45) is 11.1 Å². The summed E-state index contributed by atoms with van der Waals surface area (Å²) in [7, 11) is 0. The van der Waals surface area contributed by atoms with Gasteiger partial charge in [0, 0.05) is 24.3 Å². The van der Waals surface area contributed by atoms with Crippen LogP contribution in [0, 0.1) is 5.41 Å². The molecule has 4 N–H and O–H groups in total. The van der Waals surface area contributed by atoms with E-state index in [4.69, 9.17) is 5.73 Å². The van der Waals surface area contributed by atoms with Gasteiger partial charge in [0.1, 0.15) is 5.75 Å². The number of anilines is 1. The van der Waals surface area contributed by atoms with Crippen LogP contribution in [0.15, 0.2) is 24.3 Å². The summed E-state index contributed by atoms with van der Waals surface area (Å²) < 4.78 is 0. The van der Waals surface area contributed by atoms with Gasteiger partial charge in [-0.05, 0) is 17.5 Å². The third-order valence-electron chi connectivity index (χ3n) is 2.47. The molecule has 1 rings (SSSR count). The maximum Gasteiger partial charge on any atom is 0.117 e. The Bertz CT molecular complexity index is 318. The topological polar surface area (TPSA) is 58.3 Å². The third kappa shape index (κ3) is 3.44. The standard InChI is InChI=1S/C12H20N2O/c1-12(2,3)11(8-13)14-9-5-4-6-10(15)7-9/h4-7,11,14-15H,8,13H2,1-3H3. The molecule has 1 aromatic carbocycles. The number of hydrogen-bond donors (Lipinski definition) is 3. The molecule has 0 aliphatic rings. The van der Waals surface area contributed by atoms with Crippen molar-refractivity contribution in [2.75, 3.05) is 11.9 Å². The molecule has 1 aromatic rings. The number of aromatic hydroxyl groups is 1. The Balaban J connectivity index is 2.76. The zero-order chi connectivity index (χ0) is 11.5. The molecule has 1 atom stereocenters. The summed E-state index contributed by atoms with van der Waals surface area (Å²) in [6, 6.07) is 7.29. The fraction of sp³-hybridized carbons (Fsp3) is 0.500. The van der Waals surface area contributed by atoms with Gasteiger partial charge >= 0.3 is 0 Å². The molecule has 3 heteroatoms. The number of rotatable bonds is 3. The molecule has 0 radical (unpaired) electrons. The Kier molecular flexibility index (Phi) is 3.58. The SMILES string of the molecule is CC(C)(C)C(CN)Nc1cccc(O)c1. The molecule has 0 saturated carbocycles. The molecule has 0 amide bonds. The Morgan fingerprint density at radius 3 is 2.53 bits per heavy atom. The van der Waals surface area contributed by atoms with Crippen molar-refractivity contribution in [1.29, 1.82) is 0 Å². The Morgan fingerprint density at radius 1 is 1.40 bits per heavy atom. The van der Waals surface area contributed by atoms with Gasteiger partial charge in [0.15, 0.2) is 0 Å². The lowest BCUT2D eigenvalue weighted by Gasteiger charge is -2.31. The molecule has 0 saturated heterocycles. The van der Waals surface area contributed by atoms with E-state index in [1.165, 1.54) is 0 Å². The molecule has 0 fully saturated rings. The van der Waals surface area contributed by atoms with Crippen LogP contribution in [-0.2, 0) is 0 Å². The molecule has 0 spiro atoms. The zero-order valence-electron chi connectivity index (χ0n) is 9.62. The van der Waals surface area contributed by atoms with Gasteiger partial charge < -0.3 is 16.2 Å². The van der Waals surface area contributed by atoms with Gasteiger partial charge in [0.2, 0.25) is 0 Å². The third-order valence-corrected chi connectivity index (χ3v) is 2.47. The Hall–Kier alpha value is -1.22. The molecule has 0 bridgehead atoms. The molecule has 84 valence electrons. The summed E-state index contributed by atoms with van der Waals surface area (Å²) >= 11 is 0. The van der Waals surface area contributed by atoms with Crippen LogP contribution in [0.5, 0.6) is 5.75 Å². The fourth-order valence-electron chi connectivity index (χ4n) is 1.43. The largest absolute Gasteiger partial charge is 0.508 e. The number of phenols is 1. The minimum atomic E-state index is 0.0974. The van der Waals surface area contributed by atoms with Crippen LogP contribution < -0.4 is 11.1 Å². The molecular weight excluding hydrogens is 188 g/mol. The highest BCUT2D eigenvalue weighted by Crippen LogP contribution is 2.24. The van der Waals surface area contributed by atoms with Gasteiger partial charge in [0.05, 0.1) is 0 Å². The van der Waals surface area contributed by atoms with Gasteiger partial charge in [-0.25, -0.2) is 0 Å². The number of nitrogens with two attached hydrogens (primary N) is 1. The van der Waals surface area contributed by atoms with E-state index in [9.17, 15) is 5.11 Å². The minimum Gasteiger partial charge on any atom is -0.508 e. The van der Waals surface area contributed by atoms with Crippen molar-refractivity contribution < 1.29 is 5.11 Å². The zero-order valence-corrected chi connectivity index (χ0v) is 9.62. The molecule has 3 nitrogen and oxygen atoms in total. The van der Waals surface area contributed by atoms with Crippen molar-refractivity contribution >= 4 is 5.69 Å². The highest BCUT2D eigenvalue weighted by atomic mass is 16.3. The summed E-state index contributed by atoms with van der Waals surface area (Å²) in [5.74, 6) is 0.268. The van der Waals surface area contributed by atoms with Crippen molar-refractivity contribution in [3.05, 3.63) is 24.3 Å². The summed E-state index contributed by atoms with van der Waals surface area (Å²) in [6.07, 6.45) is 0. The lowest BCUT2D eigenvalue weighted by molar-refractivity contribution is 0.346. The molecule has 15 heavy (non-hydrogen) atoms. The van der Waals surface area contributed by atoms with Crippen molar-refractivity contribution in [3.63, 3.8) is 0 Å². The molecular formula is C12H20N2O. The summed E-state index contributed by atoms with van der Waals surface area (Å²) in [4.78, 5) is 0. The van der Waals surface area contributed by atoms with E-state index in [0.717, 1.165) is 5.69 Å². The van der Waals surface area contributed by atoms with Crippen LogP contribution in [0.1, 0.15) is 20.8 Å². The van der Waals surface area contributed by atoms with E-state index in [1.54, 1.807) is 12.1 Å². The van der Waals surface area contributed by atoms with E-state index < -0.39 is 0 Å². The maximum absolute atomic E-state index is 9.33. The van der Waals surface area contributed by atoms with Crippen LogP contribution in [0.25, 0.3) is 0 Å². The van der Waals surface area contributed by atoms with Gasteiger partial charge in [-0.15, -0.1) is 0 Å². The van der Waals surface area contributed by atoms with Crippen LogP contribution >= 0.6 is 0 Å². The molecule has 0 aliphatic carbocycles. The lowest BCUT2D eigenvalue weighted by atomic mass is 9.86. The normalized spacial score (nSPS) is 13.6. The first kappa shape index (κ1) is 11.9. The Labute approximate surface area is 91.3 Å². The average molecular weight is 208 g/mol. The smallest absolute Gasteiger partial charge is 0.117 e. The first-order chi connectivity index (χ1) is 6.93. The van der Waals surface area contributed by atoms with Crippen LogP contribution in [0.4, 0.5) is 5.69 Å². The predicted molar refractivity (Wildman–Crippen MR) is 64.0 cm³/mol. The number of hydrogen-bond acceptors (Lipinski definition) is 3. The van der Waals surface area contributed by atoms with E-state index in [1.807, 2.05) is 12.1 Å². The van der Waals surface area contributed by atoms with Gasteiger partial charge in [-0.3, -0.25) is 0 Å². The lowest BCUT2D eigenvalue weighted by Crippen LogP contribution is -2.40. The maximum atomic E-state index is 9.33. The monoisotopic (exact) mass is 208 g/mol. The number of benzene rings is 1. The number of nitrogens with one attached hydrogen (secondary N) is 1.